The normalized spacial score (nSPS) is 12.2. The number of carbonyl (C=O) groups excluding carboxylic acids is 2. The third-order valence-electron chi connectivity index (χ3n) is 8.73. The summed E-state index contributed by atoms with van der Waals surface area (Å²) in [6.07, 6.45) is 8.69. The van der Waals surface area contributed by atoms with E-state index in [1.165, 1.54) is 0 Å². The number of carboxylic acid groups (broad SMARTS) is 1. The topological polar surface area (TPSA) is 167 Å². The number of aromatic nitrogens is 1. The molecule has 0 saturated heterocycles. The number of amides is 2. The molecule has 0 aliphatic rings. The number of hydrogen-bond acceptors (Lipinski definition) is 10. The van der Waals surface area contributed by atoms with Crippen LogP contribution >= 0.6 is 0 Å². The fourth-order valence-electron chi connectivity index (χ4n) is 5.71. The maximum absolute atomic E-state index is 12.9. The fourth-order valence-corrected chi connectivity index (χ4v) is 5.71. The van der Waals surface area contributed by atoms with Crippen molar-refractivity contribution < 1.29 is 43.2 Å². The lowest BCUT2D eigenvalue weighted by molar-refractivity contribution is -0.137. The van der Waals surface area contributed by atoms with Gasteiger partial charge in [0.1, 0.15) is 18.2 Å². The van der Waals surface area contributed by atoms with E-state index >= 15 is 0 Å². The summed E-state index contributed by atoms with van der Waals surface area (Å²) < 4.78 is 28.5. The van der Waals surface area contributed by atoms with Crippen molar-refractivity contribution in [3.05, 3.63) is 96.2 Å². The maximum Gasteiger partial charge on any atom is 0.305 e. The van der Waals surface area contributed by atoms with Crippen molar-refractivity contribution in [2.45, 2.75) is 59.4 Å². The van der Waals surface area contributed by atoms with Gasteiger partial charge < -0.3 is 44.7 Å². The van der Waals surface area contributed by atoms with Crippen molar-refractivity contribution in [1.82, 2.24) is 15.6 Å². The lowest BCUT2D eigenvalue weighted by atomic mass is 9.94. The molecule has 1 atom stereocenters. The SMILES string of the molecule is C=C(/C=C(\C=C/C)c1cccc2c(OCCOCCOCCOCCOCCC(C)C)cccc12)[C@H](CC(=O)O)NC(=O)CNC(=O)CCCNc1cc(C)ccn1. The van der Waals surface area contributed by atoms with Crippen LogP contribution in [0.25, 0.3) is 16.3 Å². The zero-order chi connectivity index (χ0) is 42.0. The molecule has 13 heteroatoms. The number of carbonyl (C=O) groups is 3. The van der Waals surface area contributed by atoms with E-state index in [1.807, 2.05) is 74.5 Å². The Morgan fingerprint density at radius 2 is 1.52 bits per heavy atom. The van der Waals surface area contributed by atoms with Gasteiger partial charge in [-0.15, -0.1) is 0 Å². The molecule has 3 rings (SSSR count). The van der Waals surface area contributed by atoms with Crippen LogP contribution in [0.4, 0.5) is 5.82 Å². The average Bonchev–Trinajstić information content (AvgIpc) is 3.19. The predicted octanol–water partition coefficient (Wildman–Crippen LogP) is 6.52. The second-order valence-electron chi connectivity index (χ2n) is 14.1. The van der Waals surface area contributed by atoms with Crippen LogP contribution in [-0.4, -0.2) is 106 Å². The van der Waals surface area contributed by atoms with Crippen LogP contribution in [0.1, 0.15) is 57.6 Å². The Hall–Kier alpha value is -5.08. The van der Waals surface area contributed by atoms with Gasteiger partial charge >= 0.3 is 5.97 Å². The van der Waals surface area contributed by atoms with Gasteiger partial charge in [0.25, 0.3) is 0 Å². The molecule has 1 aromatic heterocycles. The fraction of sp³-hybridized carbons (Fsp3) is 0.467. The third-order valence-corrected chi connectivity index (χ3v) is 8.73. The van der Waals surface area contributed by atoms with Gasteiger partial charge in [-0.2, -0.15) is 0 Å². The third kappa shape index (κ3) is 18.9. The first-order chi connectivity index (χ1) is 28.1. The summed E-state index contributed by atoms with van der Waals surface area (Å²) in [6.45, 7) is 17.1. The van der Waals surface area contributed by atoms with Gasteiger partial charge in [-0.3, -0.25) is 14.4 Å². The van der Waals surface area contributed by atoms with Crippen LogP contribution in [-0.2, 0) is 33.3 Å². The zero-order valence-corrected chi connectivity index (χ0v) is 34.6. The second kappa shape index (κ2) is 27.5. The highest BCUT2D eigenvalue weighted by atomic mass is 16.6. The summed E-state index contributed by atoms with van der Waals surface area (Å²) >= 11 is 0. The van der Waals surface area contributed by atoms with Crippen LogP contribution in [0.5, 0.6) is 5.75 Å². The number of pyridine rings is 1. The number of aliphatic carboxylic acids is 1. The first kappa shape index (κ1) is 47.3. The molecule has 2 aromatic carbocycles. The molecule has 13 nitrogen and oxygen atoms in total. The number of rotatable bonds is 30. The molecular formula is C45H62N4O9. The van der Waals surface area contributed by atoms with Crippen LogP contribution in [0.3, 0.4) is 0 Å². The minimum atomic E-state index is -1.10. The smallest absolute Gasteiger partial charge is 0.305 e. The number of allylic oxidation sites excluding steroid dienone is 3. The van der Waals surface area contributed by atoms with Crippen molar-refractivity contribution in [2.24, 2.45) is 5.92 Å². The Labute approximate surface area is 343 Å². The molecule has 0 saturated carbocycles. The summed E-state index contributed by atoms with van der Waals surface area (Å²) in [4.78, 5) is 41.4. The Balaban J connectivity index is 1.49. The van der Waals surface area contributed by atoms with Crippen LogP contribution in [0.15, 0.2) is 85.1 Å². The number of aryl methyl sites for hydroxylation is 1. The van der Waals surface area contributed by atoms with Crippen molar-refractivity contribution in [1.29, 1.82) is 0 Å². The predicted molar refractivity (Wildman–Crippen MR) is 228 cm³/mol. The van der Waals surface area contributed by atoms with E-state index < -0.39 is 17.9 Å². The minimum Gasteiger partial charge on any atom is -0.491 e. The van der Waals surface area contributed by atoms with Gasteiger partial charge in [-0.05, 0) is 84.5 Å². The van der Waals surface area contributed by atoms with E-state index in [0.717, 1.165) is 46.3 Å². The number of nitrogens with one attached hydrogen (secondary N) is 3. The first-order valence-corrected chi connectivity index (χ1v) is 20.0. The van der Waals surface area contributed by atoms with E-state index in [-0.39, 0.29) is 25.3 Å². The van der Waals surface area contributed by atoms with Crippen molar-refractivity contribution in [2.75, 3.05) is 77.9 Å². The number of anilines is 1. The van der Waals surface area contributed by atoms with Crippen molar-refractivity contribution in [3.8, 4) is 5.75 Å². The molecular weight excluding hydrogens is 741 g/mol. The van der Waals surface area contributed by atoms with Gasteiger partial charge in [0.05, 0.1) is 65.3 Å². The lowest BCUT2D eigenvalue weighted by Crippen LogP contribution is -2.43. The Kier molecular flexibility index (Phi) is 22.5. The molecule has 0 aliphatic carbocycles. The minimum absolute atomic E-state index is 0.209. The van der Waals surface area contributed by atoms with Crippen molar-refractivity contribution in [3.63, 3.8) is 0 Å². The molecule has 58 heavy (non-hydrogen) atoms. The molecule has 2 amide bonds. The van der Waals surface area contributed by atoms with Gasteiger partial charge in [0, 0.05) is 31.2 Å². The van der Waals surface area contributed by atoms with Crippen LogP contribution < -0.4 is 20.7 Å². The molecule has 0 fully saturated rings. The van der Waals surface area contributed by atoms with E-state index in [2.05, 4.69) is 41.4 Å². The quantitative estimate of drug-likeness (QED) is 0.0428. The Morgan fingerprint density at radius 1 is 0.862 bits per heavy atom. The van der Waals surface area contributed by atoms with E-state index in [1.54, 1.807) is 12.3 Å². The highest BCUT2D eigenvalue weighted by Crippen LogP contribution is 2.33. The molecule has 3 aromatic rings. The summed E-state index contributed by atoms with van der Waals surface area (Å²) in [6, 6.07) is 14.6. The number of ether oxygens (including phenoxy) is 5. The summed E-state index contributed by atoms with van der Waals surface area (Å²) in [5.41, 5.74) is 3.12. The molecule has 0 spiro atoms. The summed E-state index contributed by atoms with van der Waals surface area (Å²) in [5.74, 6) is 0.149. The first-order valence-electron chi connectivity index (χ1n) is 20.0. The maximum atomic E-state index is 12.9. The van der Waals surface area contributed by atoms with Gasteiger partial charge in [-0.25, -0.2) is 4.98 Å². The molecule has 1 heterocycles. The molecule has 0 radical (unpaired) electrons. The molecule has 0 unspecified atom stereocenters. The number of benzene rings is 2. The average molecular weight is 803 g/mol. The van der Waals surface area contributed by atoms with E-state index in [0.29, 0.717) is 83.1 Å². The zero-order valence-electron chi connectivity index (χ0n) is 34.6. The van der Waals surface area contributed by atoms with Gasteiger partial charge in [-0.1, -0.05) is 62.9 Å². The van der Waals surface area contributed by atoms with Gasteiger partial charge in [0.2, 0.25) is 11.8 Å². The molecule has 0 aliphatic heterocycles. The molecule has 316 valence electrons. The monoisotopic (exact) mass is 802 g/mol. The van der Waals surface area contributed by atoms with E-state index in [4.69, 9.17) is 23.7 Å². The van der Waals surface area contributed by atoms with E-state index in [9.17, 15) is 19.5 Å². The Morgan fingerprint density at radius 3 is 2.17 bits per heavy atom. The largest absolute Gasteiger partial charge is 0.491 e. The molecule has 4 N–H and O–H groups in total. The second-order valence-corrected chi connectivity index (χ2v) is 14.1. The summed E-state index contributed by atoms with van der Waals surface area (Å²) in [5, 5.41) is 20.0. The van der Waals surface area contributed by atoms with Gasteiger partial charge in [0.15, 0.2) is 0 Å². The van der Waals surface area contributed by atoms with Crippen LogP contribution in [0.2, 0.25) is 0 Å². The number of hydrogen-bond donors (Lipinski definition) is 4. The molecule has 0 bridgehead atoms. The number of fused-ring (bicyclic) bond motifs is 1. The number of carboxylic acids is 1. The Bertz CT molecular complexity index is 1790. The standard InChI is InChI=1S/C45H62N4O9/c1-6-10-36(30-35(5)40(31-45(52)53)49-44(51)32-48-43(50)15-9-18-46-42-29-34(4)16-19-47-42)37-11-7-13-39-38(37)12-8-14-41(39)58-28-27-57-26-25-56-24-23-55-22-21-54-20-17-33(2)3/h6-8,10-14,16,19,29-30,33,40H,5,9,15,17-18,20-28,31-32H2,1-4H3,(H,46,47)(H,48,50)(H,49,51)(H,52,53)/b10-6-,36-30+/t40-/m0/s1. The number of nitrogens with zero attached hydrogens (tertiary/aromatic N) is 1. The van der Waals surface area contributed by atoms with Crippen molar-refractivity contribution >= 4 is 39.9 Å². The highest BCUT2D eigenvalue weighted by Gasteiger charge is 2.20. The highest BCUT2D eigenvalue weighted by molar-refractivity contribution is 5.99. The van der Waals surface area contributed by atoms with Crippen LogP contribution in [0, 0.1) is 12.8 Å². The summed E-state index contributed by atoms with van der Waals surface area (Å²) in [7, 11) is 0. The lowest BCUT2D eigenvalue weighted by Gasteiger charge is -2.19.